The Morgan fingerprint density at radius 1 is 1.24 bits per heavy atom. The van der Waals surface area contributed by atoms with Crippen molar-refractivity contribution in [1.82, 2.24) is 5.32 Å². The molecule has 6 heteroatoms. The van der Waals surface area contributed by atoms with Gasteiger partial charge in [0.2, 0.25) is 0 Å². The summed E-state index contributed by atoms with van der Waals surface area (Å²) in [5, 5.41) is 3.28. The molecule has 1 heterocycles. The van der Waals surface area contributed by atoms with Gasteiger partial charge in [0.05, 0.1) is 4.75 Å². The highest BCUT2D eigenvalue weighted by Gasteiger charge is 2.30. The summed E-state index contributed by atoms with van der Waals surface area (Å²) in [6.45, 7) is 6.98. The van der Waals surface area contributed by atoms with Crippen molar-refractivity contribution in [3.05, 3.63) is 23.8 Å². The monoisotopic (exact) mass is 313 g/mol. The van der Waals surface area contributed by atoms with E-state index in [1.807, 2.05) is 25.1 Å². The highest BCUT2D eigenvalue weighted by molar-refractivity contribution is 7.92. The van der Waals surface area contributed by atoms with Gasteiger partial charge in [-0.15, -0.1) is 0 Å². The number of sulfone groups is 1. The van der Waals surface area contributed by atoms with Gasteiger partial charge in [0.15, 0.2) is 21.3 Å². The Bertz CT molecular complexity index is 610. The maximum absolute atomic E-state index is 11.7. The van der Waals surface area contributed by atoms with E-state index in [1.165, 1.54) is 6.26 Å². The van der Waals surface area contributed by atoms with Crippen LogP contribution in [-0.4, -0.2) is 39.2 Å². The van der Waals surface area contributed by atoms with E-state index < -0.39 is 14.6 Å². The first-order valence-corrected chi connectivity index (χ1v) is 8.92. The molecule has 1 atom stereocenters. The molecule has 0 fully saturated rings. The number of hydrogen-bond donors (Lipinski definition) is 1. The Hall–Kier alpha value is -1.27. The molecule has 0 amide bonds. The van der Waals surface area contributed by atoms with E-state index >= 15 is 0 Å². The Labute approximate surface area is 126 Å². The van der Waals surface area contributed by atoms with Gasteiger partial charge in [-0.25, -0.2) is 8.42 Å². The topological polar surface area (TPSA) is 64.6 Å². The standard InChI is InChI=1S/C15H23NO4S/c1-11(16-10-15(2,3)21(4,17)18)12-5-6-13-14(9-12)20-8-7-19-13/h5-6,9,11,16H,7-8,10H2,1-4H3. The zero-order chi connectivity index (χ0) is 15.7. The third kappa shape index (κ3) is 3.68. The summed E-state index contributed by atoms with van der Waals surface area (Å²) in [7, 11) is -3.10. The summed E-state index contributed by atoms with van der Waals surface area (Å²) in [5.74, 6) is 1.50. The molecule has 1 aromatic rings. The molecule has 0 saturated carbocycles. The van der Waals surface area contributed by atoms with Crippen molar-refractivity contribution >= 4 is 9.84 Å². The molecule has 1 aliphatic rings. The van der Waals surface area contributed by atoms with Gasteiger partial charge in [-0.05, 0) is 38.5 Å². The first-order chi connectivity index (χ1) is 9.71. The van der Waals surface area contributed by atoms with Crippen LogP contribution in [0.3, 0.4) is 0 Å². The number of rotatable bonds is 5. The largest absolute Gasteiger partial charge is 0.486 e. The minimum absolute atomic E-state index is 0.0295. The third-order valence-corrected chi connectivity index (χ3v) is 6.06. The summed E-state index contributed by atoms with van der Waals surface area (Å²) in [4.78, 5) is 0. The van der Waals surface area contributed by atoms with E-state index in [2.05, 4.69) is 5.32 Å². The molecule has 1 N–H and O–H groups in total. The summed E-state index contributed by atoms with van der Waals surface area (Å²) in [6.07, 6.45) is 1.27. The lowest BCUT2D eigenvalue weighted by Gasteiger charge is -2.26. The van der Waals surface area contributed by atoms with Crippen LogP contribution >= 0.6 is 0 Å². The highest BCUT2D eigenvalue weighted by Crippen LogP contribution is 2.32. The summed E-state index contributed by atoms with van der Waals surface area (Å²) >= 11 is 0. The van der Waals surface area contributed by atoms with Crippen molar-refractivity contribution in [3.8, 4) is 11.5 Å². The van der Waals surface area contributed by atoms with Crippen LogP contribution in [-0.2, 0) is 9.84 Å². The number of benzene rings is 1. The molecular formula is C15H23NO4S. The summed E-state index contributed by atoms with van der Waals surface area (Å²) in [5.41, 5.74) is 1.04. The van der Waals surface area contributed by atoms with Crippen LogP contribution < -0.4 is 14.8 Å². The van der Waals surface area contributed by atoms with Gasteiger partial charge >= 0.3 is 0 Å². The Kier molecular flexibility index (Phi) is 4.49. The lowest BCUT2D eigenvalue weighted by Crippen LogP contribution is -2.42. The summed E-state index contributed by atoms with van der Waals surface area (Å²) < 4.78 is 33.7. The molecule has 0 aliphatic carbocycles. The maximum Gasteiger partial charge on any atom is 0.161 e. The zero-order valence-corrected chi connectivity index (χ0v) is 13.8. The quantitative estimate of drug-likeness (QED) is 0.900. The average Bonchev–Trinajstić information content (AvgIpc) is 2.43. The second kappa shape index (κ2) is 5.85. The van der Waals surface area contributed by atoms with E-state index in [9.17, 15) is 8.42 Å². The van der Waals surface area contributed by atoms with E-state index in [4.69, 9.17) is 9.47 Å². The SMILES string of the molecule is CC(NCC(C)(C)S(C)(=O)=O)c1ccc2c(c1)OCCO2. The van der Waals surface area contributed by atoms with Crippen LogP contribution in [0, 0.1) is 0 Å². The van der Waals surface area contributed by atoms with Crippen LogP contribution in [0.15, 0.2) is 18.2 Å². The van der Waals surface area contributed by atoms with E-state index in [0.29, 0.717) is 19.8 Å². The van der Waals surface area contributed by atoms with Crippen LogP contribution in [0.1, 0.15) is 32.4 Å². The molecule has 21 heavy (non-hydrogen) atoms. The average molecular weight is 313 g/mol. The van der Waals surface area contributed by atoms with E-state index in [0.717, 1.165) is 17.1 Å². The lowest BCUT2D eigenvalue weighted by atomic mass is 10.1. The molecule has 5 nitrogen and oxygen atoms in total. The number of fused-ring (bicyclic) bond motifs is 1. The van der Waals surface area contributed by atoms with Gasteiger partial charge < -0.3 is 14.8 Å². The lowest BCUT2D eigenvalue weighted by molar-refractivity contribution is 0.171. The minimum Gasteiger partial charge on any atom is -0.486 e. The molecule has 0 bridgehead atoms. The van der Waals surface area contributed by atoms with Crippen molar-refractivity contribution < 1.29 is 17.9 Å². The minimum atomic E-state index is -3.10. The fraction of sp³-hybridized carbons (Fsp3) is 0.600. The van der Waals surface area contributed by atoms with Crippen LogP contribution in [0.5, 0.6) is 11.5 Å². The van der Waals surface area contributed by atoms with Crippen molar-refractivity contribution in [2.24, 2.45) is 0 Å². The van der Waals surface area contributed by atoms with Crippen LogP contribution in [0.2, 0.25) is 0 Å². The Morgan fingerprint density at radius 3 is 2.48 bits per heavy atom. The van der Waals surface area contributed by atoms with E-state index in [1.54, 1.807) is 13.8 Å². The first kappa shape index (κ1) is 16.1. The zero-order valence-electron chi connectivity index (χ0n) is 13.0. The highest BCUT2D eigenvalue weighted by atomic mass is 32.2. The smallest absolute Gasteiger partial charge is 0.161 e. The summed E-state index contributed by atoms with van der Waals surface area (Å²) in [6, 6.07) is 5.84. The Balaban J connectivity index is 2.06. The molecule has 118 valence electrons. The molecule has 1 unspecified atom stereocenters. The second-order valence-corrected chi connectivity index (χ2v) is 8.69. The van der Waals surface area contributed by atoms with Crippen molar-refractivity contribution in [2.75, 3.05) is 26.0 Å². The Morgan fingerprint density at radius 2 is 1.86 bits per heavy atom. The van der Waals surface area contributed by atoms with Gasteiger partial charge in [0.1, 0.15) is 13.2 Å². The molecular weight excluding hydrogens is 290 g/mol. The van der Waals surface area contributed by atoms with Crippen LogP contribution in [0.25, 0.3) is 0 Å². The van der Waals surface area contributed by atoms with Crippen LogP contribution in [0.4, 0.5) is 0 Å². The van der Waals surface area contributed by atoms with Gasteiger partial charge in [0, 0.05) is 18.8 Å². The first-order valence-electron chi connectivity index (χ1n) is 7.03. The second-order valence-electron chi connectivity index (χ2n) is 6.04. The molecule has 1 aliphatic heterocycles. The van der Waals surface area contributed by atoms with Gasteiger partial charge in [-0.2, -0.15) is 0 Å². The van der Waals surface area contributed by atoms with Gasteiger partial charge in [-0.1, -0.05) is 6.07 Å². The predicted molar refractivity (Wildman–Crippen MR) is 82.8 cm³/mol. The molecule has 0 saturated heterocycles. The van der Waals surface area contributed by atoms with Gasteiger partial charge in [0.25, 0.3) is 0 Å². The van der Waals surface area contributed by atoms with Crippen molar-refractivity contribution in [1.29, 1.82) is 0 Å². The van der Waals surface area contributed by atoms with Gasteiger partial charge in [-0.3, -0.25) is 0 Å². The molecule has 0 aromatic heterocycles. The number of nitrogens with one attached hydrogen (secondary N) is 1. The fourth-order valence-electron chi connectivity index (χ4n) is 1.98. The normalized spacial score (nSPS) is 16.6. The molecule has 0 radical (unpaired) electrons. The molecule has 0 spiro atoms. The number of ether oxygens (including phenoxy) is 2. The maximum atomic E-state index is 11.7. The molecule has 1 aromatic carbocycles. The van der Waals surface area contributed by atoms with Crippen molar-refractivity contribution in [3.63, 3.8) is 0 Å². The fourth-order valence-corrected chi connectivity index (χ4v) is 2.32. The molecule has 2 rings (SSSR count). The third-order valence-electron chi connectivity index (χ3n) is 3.90. The van der Waals surface area contributed by atoms with Crippen molar-refractivity contribution in [2.45, 2.75) is 31.6 Å². The predicted octanol–water partition coefficient (Wildman–Crippen LogP) is 1.93. The van der Waals surface area contributed by atoms with E-state index in [-0.39, 0.29) is 6.04 Å². The number of hydrogen-bond acceptors (Lipinski definition) is 5.